The van der Waals surface area contributed by atoms with Gasteiger partial charge in [0, 0.05) is 17.3 Å². The fraction of sp³-hybridized carbons (Fsp3) is 0.214. The maximum Gasteiger partial charge on any atom is 0.290 e. The van der Waals surface area contributed by atoms with E-state index in [-0.39, 0.29) is 11.3 Å². The third kappa shape index (κ3) is 2.51. The van der Waals surface area contributed by atoms with Crippen molar-refractivity contribution in [1.82, 2.24) is 4.90 Å². The second-order valence-corrected chi connectivity index (χ2v) is 5.88. The molecule has 0 bridgehead atoms. The Morgan fingerprint density at radius 2 is 2.26 bits per heavy atom. The predicted octanol–water partition coefficient (Wildman–Crippen LogP) is 3.82. The summed E-state index contributed by atoms with van der Waals surface area (Å²) in [5.41, 5.74) is 1.05. The van der Waals surface area contributed by atoms with Crippen LogP contribution in [-0.4, -0.2) is 23.1 Å². The molecule has 0 radical (unpaired) electrons. The zero-order chi connectivity index (χ0) is 13.2. The van der Waals surface area contributed by atoms with E-state index < -0.39 is 0 Å². The van der Waals surface area contributed by atoms with Crippen LogP contribution in [0.5, 0.6) is 0 Å². The van der Waals surface area contributed by atoms with Gasteiger partial charge in [-0.3, -0.25) is 4.79 Å². The molecule has 5 heteroatoms. The summed E-state index contributed by atoms with van der Waals surface area (Å²) < 4.78 is 5.19. The monoisotopic (exact) mass is 293 g/mol. The number of carbonyl (C=O) groups excluding carboxylic acids is 1. The number of nitrogens with zero attached hydrogens (tertiary/aromatic N) is 1. The Morgan fingerprint density at radius 3 is 3.00 bits per heavy atom. The number of carbonyl (C=O) groups is 1. The van der Waals surface area contributed by atoms with Crippen molar-refractivity contribution in [3.63, 3.8) is 0 Å². The van der Waals surface area contributed by atoms with Gasteiger partial charge in [0.2, 0.25) is 0 Å². The largest absolute Gasteiger partial charge is 0.459 e. The van der Waals surface area contributed by atoms with Crippen LogP contribution in [0.25, 0.3) is 0 Å². The van der Waals surface area contributed by atoms with Crippen molar-refractivity contribution in [3.8, 4) is 0 Å². The molecule has 0 saturated carbocycles. The maximum absolute atomic E-state index is 12.4. The van der Waals surface area contributed by atoms with E-state index >= 15 is 0 Å². The van der Waals surface area contributed by atoms with E-state index in [0.29, 0.717) is 10.8 Å². The molecule has 3 rings (SSSR count). The van der Waals surface area contributed by atoms with Gasteiger partial charge in [0.15, 0.2) is 5.76 Å². The van der Waals surface area contributed by atoms with E-state index in [0.717, 1.165) is 17.9 Å². The molecule has 0 unspecified atom stereocenters. The standard InChI is InChI=1S/C14H12ClNO2S/c15-11-4-1-3-10(9-11)14-16(6-8-19-14)13(17)12-5-2-7-18-12/h1-5,7,9,14H,6,8H2/t14-/m0/s1. The van der Waals surface area contributed by atoms with Crippen molar-refractivity contribution in [2.24, 2.45) is 0 Å². The first-order valence-electron chi connectivity index (χ1n) is 5.97. The molecule has 0 spiro atoms. The van der Waals surface area contributed by atoms with Gasteiger partial charge >= 0.3 is 0 Å². The number of amides is 1. The second kappa shape index (κ2) is 5.31. The molecular weight excluding hydrogens is 282 g/mol. The summed E-state index contributed by atoms with van der Waals surface area (Å²) in [5, 5.41) is 0.701. The highest BCUT2D eigenvalue weighted by Crippen LogP contribution is 2.39. The van der Waals surface area contributed by atoms with Crippen LogP contribution >= 0.6 is 23.4 Å². The topological polar surface area (TPSA) is 33.5 Å². The summed E-state index contributed by atoms with van der Waals surface area (Å²) in [6.07, 6.45) is 1.52. The van der Waals surface area contributed by atoms with Crippen LogP contribution in [0, 0.1) is 0 Å². The van der Waals surface area contributed by atoms with Crippen LogP contribution in [0.15, 0.2) is 47.1 Å². The van der Waals surface area contributed by atoms with Crippen molar-refractivity contribution < 1.29 is 9.21 Å². The SMILES string of the molecule is O=C(c1ccco1)N1CCS[C@H]1c1cccc(Cl)c1. The number of rotatable bonds is 2. The molecule has 2 aromatic rings. The van der Waals surface area contributed by atoms with Gasteiger partial charge < -0.3 is 9.32 Å². The number of halogens is 1. The lowest BCUT2D eigenvalue weighted by atomic mass is 10.2. The van der Waals surface area contributed by atoms with E-state index in [4.69, 9.17) is 16.0 Å². The third-order valence-electron chi connectivity index (χ3n) is 3.02. The van der Waals surface area contributed by atoms with Crippen molar-refractivity contribution >= 4 is 29.3 Å². The van der Waals surface area contributed by atoms with E-state index in [9.17, 15) is 4.79 Å². The van der Waals surface area contributed by atoms with Crippen molar-refractivity contribution in [3.05, 3.63) is 59.0 Å². The smallest absolute Gasteiger partial charge is 0.290 e. The Morgan fingerprint density at radius 1 is 1.37 bits per heavy atom. The minimum Gasteiger partial charge on any atom is -0.459 e. The molecule has 1 atom stereocenters. The molecule has 0 N–H and O–H groups in total. The van der Waals surface area contributed by atoms with Crippen LogP contribution in [0.4, 0.5) is 0 Å². The highest BCUT2D eigenvalue weighted by molar-refractivity contribution is 7.99. The number of thioether (sulfide) groups is 1. The average Bonchev–Trinajstić information content (AvgIpc) is 3.09. The van der Waals surface area contributed by atoms with Crippen molar-refractivity contribution in [2.75, 3.05) is 12.3 Å². The number of furan rings is 1. The molecule has 1 amide bonds. The summed E-state index contributed by atoms with van der Waals surface area (Å²) in [5.74, 6) is 1.23. The van der Waals surface area contributed by atoms with Gasteiger partial charge in [-0.05, 0) is 29.8 Å². The third-order valence-corrected chi connectivity index (χ3v) is 4.51. The van der Waals surface area contributed by atoms with Gasteiger partial charge in [0.25, 0.3) is 5.91 Å². The Bertz CT molecular complexity index is 585. The van der Waals surface area contributed by atoms with Crippen LogP contribution in [0.3, 0.4) is 0 Å². The number of hydrogen-bond acceptors (Lipinski definition) is 3. The molecule has 1 aromatic heterocycles. The molecule has 98 valence electrons. The first kappa shape index (κ1) is 12.6. The lowest BCUT2D eigenvalue weighted by Gasteiger charge is -2.23. The minimum absolute atomic E-state index is 0.0105. The molecule has 1 aliphatic rings. The van der Waals surface area contributed by atoms with Gasteiger partial charge in [-0.15, -0.1) is 11.8 Å². The van der Waals surface area contributed by atoms with Crippen LogP contribution in [0.2, 0.25) is 5.02 Å². The zero-order valence-corrected chi connectivity index (χ0v) is 11.7. The summed E-state index contributed by atoms with van der Waals surface area (Å²) >= 11 is 7.76. The lowest BCUT2D eigenvalue weighted by Crippen LogP contribution is -2.30. The quantitative estimate of drug-likeness (QED) is 0.844. The summed E-state index contributed by atoms with van der Waals surface area (Å²) in [4.78, 5) is 14.2. The molecule has 1 fully saturated rings. The van der Waals surface area contributed by atoms with Crippen LogP contribution in [-0.2, 0) is 0 Å². The predicted molar refractivity (Wildman–Crippen MR) is 76.4 cm³/mol. The van der Waals surface area contributed by atoms with Crippen LogP contribution < -0.4 is 0 Å². The van der Waals surface area contributed by atoms with Gasteiger partial charge in [-0.25, -0.2) is 0 Å². The summed E-state index contributed by atoms with van der Waals surface area (Å²) in [7, 11) is 0. The van der Waals surface area contributed by atoms with Crippen molar-refractivity contribution in [2.45, 2.75) is 5.37 Å². The molecular formula is C14H12ClNO2S. The first-order chi connectivity index (χ1) is 9.25. The van der Waals surface area contributed by atoms with Gasteiger partial charge in [-0.2, -0.15) is 0 Å². The number of benzene rings is 1. The number of hydrogen-bond donors (Lipinski definition) is 0. The Hall–Kier alpha value is -1.39. The zero-order valence-electron chi connectivity index (χ0n) is 10.1. The molecule has 1 aliphatic heterocycles. The highest BCUT2D eigenvalue weighted by atomic mass is 35.5. The van der Waals surface area contributed by atoms with E-state index in [1.54, 1.807) is 23.9 Å². The second-order valence-electron chi connectivity index (χ2n) is 4.25. The molecule has 3 nitrogen and oxygen atoms in total. The molecule has 0 aliphatic carbocycles. The highest BCUT2D eigenvalue weighted by Gasteiger charge is 2.32. The van der Waals surface area contributed by atoms with E-state index in [1.165, 1.54) is 6.26 Å². The fourth-order valence-corrected chi connectivity index (χ4v) is 3.60. The van der Waals surface area contributed by atoms with Gasteiger partial charge in [-0.1, -0.05) is 23.7 Å². The van der Waals surface area contributed by atoms with Crippen LogP contribution in [0.1, 0.15) is 21.5 Å². The molecule has 2 heterocycles. The lowest BCUT2D eigenvalue weighted by molar-refractivity contribution is 0.0728. The first-order valence-corrected chi connectivity index (χ1v) is 7.40. The molecule has 19 heavy (non-hydrogen) atoms. The fourth-order valence-electron chi connectivity index (χ4n) is 2.16. The minimum atomic E-state index is -0.0695. The van der Waals surface area contributed by atoms with E-state index in [1.807, 2.05) is 29.2 Å². The Balaban J connectivity index is 1.88. The maximum atomic E-state index is 12.4. The van der Waals surface area contributed by atoms with Gasteiger partial charge in [0.1, 0.15) is 5.37 Å². The Kier molecular flexibility index (Phi) is 3.53. The summed E-state index contributed by atoms with van der Waals surface area (Å²) in [6.45, 7) is 0.724. The van der Waals surface area contributed by atoms with E-state index in [2.05, 4.69) is 0 Å². The Labute approximate surface area is 120 Å². The normalized spacial score (nSPS) is 18.8. The average molecular weight is 294 g/mol. The van der Waals surface area contributed by atoms with Gasteiger partial charge in [0.05, 0.1) is 6.26 Å². The molecule has 1 aromatic carbocycles. The summed E-state index contributed by atoms with van der Waals surface area (Å²) in [6, 6.07) is 11.1. The van der Waals surface area contributed by atoms with Crippen molar-refractivity contribution in [1.29, 1.82) is 0 Å². The molecule has 1 saturated heterocycles.